The molecule has 5 unspecified atom stereocenters. The van der Waals surface area contributed by atoms with Gasteiger partial charge in [0, 0.05) is 11.3 Å². The van der Waals surface area contributed by atoms with Crippen molar-refractivity contribution < 1.29 is 93.4 Å². The minimum Gasteiger partial charge on any atom is -0.480 e. The molecule has 3 amide bonds. The van der Waals surface area contributed by atoms with Crippen LogP contribution in [0, 0.1) is 68.0 Å². The van der Waals surface area contributed by atoms with Gasteiger partial charge in [0.2, 0.25) is 5.91 Å². The summed E-state index contributed by atoms with van der Waals surface area (Å²) in [5.41, 5.74) is -2.40. The van der Waals surface area contributed by atoms with Gasteiger partial charge >= 0.3 is 17.9 Å². The van der Waals surface area contributed by atoms with Gasteiger partial charge in [0.25, 0.3) is 11.8 Å². The van der Waals surface area contributed by atoms with Crippen LogP contribution >= 0.6 is 0 Å². The van der Waals surface area contributed by atoms with Crippen molar-refractivity contribution in [3.63, 3.8) is 0 Å². The first-order valence-corrected chi connectivity index (χ1v) is 28.3. The predicted octanol–water partition coefficient (Wildman–Crippen LogP) is 2.67. The standard InChI is InChI=1S/C57H89N3O19/c1-24(2)32(46(69)70)58-44(67)40-36(63)35(62)39(66)49(77-40)79-42-38(65)37(64)41(45(68)59-33(25(3)4)47(71)72)78-50(42)76-31-15-16-55(11)30(52(31,7)8)14-17-57(13)43(55)29(61)22-27-28-23-54(10,51(75)60-34(26(5)6)48(73)74)19-18-53(28,9)20-21-56(27,57)12/h22,24-26,28,30-43,49-50,62-66H,14-21,23H2,1-13H3,(H,58,67)(H,59,68)(H,60,75)(H,69,70)(H,71,72)(H,73,74)/t28-,30-,31-,32?,33?,34?,35-,36-,37-,38-,39+,40-,41-,42+,43?,49-,50+,53+,54?,55-,56+,57+/m0/s1. The molecule has 2 aliphatic heterocycles. The van der Waals surface area contributed by atoms with Crippen LogP contribution < -0.4 is 16.0 Å². The van der Waals surface area contributed by atoms with Crippen LogP contribution in [-0.4, -0.2) is 168 Å². The minimum atomic E-state index is -2.14. The normalized spacial score (nSPS) is 42.9. The predicted molar refractivity (Wildman–Crippen MR) is 280 cm³/mol. The molecule has 79 heavy (non-hydrogen) atoms. The van der Waals surface area contributed by atoms with E-state index in [4.69, 9.17) is 18.9 Å². The quantitative estimate of drug-likeness (QED) is 0.0990. The topological polar surface area (TPSA) is 354 Å². The van der Waals surface area contributed by atoms with E-state index in [9.17, 15) is 69.6 Å². The summed E-state index contributed by atoms with van der Waals surface area (Å²) >= 11 is 0. The largest absolute Gasteiger partial charge is 0.480 e. The fourth-order valence-electron chi connectivity index (χ4n) is 15.7. The summed E-state index contributed by atoms with van der Waals surface area (Å²) in [5.74, 6) is -8.79. The zero-order valence-corrected chi connectivity index (χ0v) is 48.1. The molecule has 22 nitrogen and oxygen atoms in total. The molecular formula is C57H89N3O19. The second-order valence-corrected chi connectivity index (χ2v) is 27.3. The van der Waals surface area contributed by atoms with Crippen LogP contribution in [0.4, 0.5) is 0 Å². The lowest BCUT2D eigenvalue weighted by atomic mass is 9.33. The van der Waals surface area contributed by atoms with Crippen LogP contribution in [0.5, 0.6) is 0 Å². The zero-order valence-electron chi connectivity index (χ0n) is 48.1. The molecule has 7 rings (SSSR count). The maximum absolute atomic E-state index is 15.3. The Kier molecular flexibility index (Phi) is 17.6. The molecule has 7 aliphatic rings. The molecule has 22 atom stereocenters. The number of fused-ring (bicyclic) bond motifs is 7. The van der Waals surface area contributed by atoms with Gasteiger partial charge in [-0.2, -0.15) is 0 Å². The Morgan fingerprint density at radius 3 is 1.61 bits per heavy atom. The highest BCUT2D eigenvalue weighted by molar-refractivity contribution is 5.96. The number of carbonyl (C=O) groups is 7. The van der Waals surface area contributed by atoms with Gasteiger partial charge in [-0.1, -0.05) is 95.6 Å². The number of hydrogen-bond acceptors (Lipinski definition) is 16. The van der Waals surface area contributed by atoms with Crippen molar-refractivity contribution in [1.29, 1.82) is 0 Å². The van der Waals surface area contributed by atoms with E-state index >= 15 is 4.79 Å². The molecule has 0 spiro atoms. The van der Waals surface area contributed by atoms with Gasteiger partial charge in [-0.15, -0.1) is 0 Å². The summed E-state index contributed by atoms with van der Waals surface area (Å²) in [5, 5.41) is 93.8. The number of carbonyl (C=O) groups excluding carboxylic acids is 4. The van der Waals surface area contributed by atoms with Crippen molar-refractivity contribution in [3.05, 3.63) is 11.6 Å². The van der Waals surface area contributed by atoms with Crippen LogP contribution in [0.15, 0.2) is 11.6 Å². The van der Waals surface area contributed by atoms with E-state index in [0.29, 0.717) is 38.5 Å². The van der Waals surface area contributed by atoms with Crippen LogP contribution in [0.25, 0.3) is 0 Å². The van der Waals surface area contributed by atoms with Crippen molar-refractivity contribution in [3.8, 4) is 0 Å². The summed E-state index contributed by atoms with van der Waals surface area (Å²) in [6, 6.07) is -3.94. The van der Waals surface area contributed by atoms with E-state index < -0.39 is 160 Å². The number of amides is 3. The van der Waals surface area contributed by atoms with E-state index in [1.54, 1.807) is 27.7 Å². The molecule has 22 heteroatoms. The van der Waals surface area contributed by atoms with Crippen molar-refractivity contribution in [2.24, 2.45) is 68.0 Å². The van der Waals surface area contributed by atoms with Gasteiger partial charge in [-0.05, 0) is 121 Å². The van der Waals surface area contributed by atoms with Crippen LogP contribution in [0.1, 0.15) is 148 Å². The average Bonchev–Trinajstić information content (AvgIpc) is 3.26. The number of carboxylic acids is 3. The summed E-state index contributed by atoms with van der Waals surface area (Å²) in [7, 11) is 0. The van der Waals surface area contributed by atoms with E-state index in [0.717, 1.165) is 24.8 Å². The fraction of sp³-hybridized carbons (Fsp3) is 0.842. The zero-order chi connectivity index (χ0) is 59.2. The Balaban J connectivity index is 1.19. The number of carboxylic acid groups (broad SMARTS) is 3. The first-order valence-electron chi connectivity index (χ1n) is 28.3. The Labute approximate surface area is 462 Å². The molecule has 2 saturated heterocycles. The highest BCUT2D eigenvalue weighted by atomic mass is 16.8. The summed E-state index contributed by atoms with van der Waals surface area (Å²) in [6.45, 7) is 24.5. The lowest BCUT2D eigenvalue weighted by Crippen LogP contribution is -2.69. The number of aliphatic hydroxyl groups is 5. The molecule has 5 aliphatic carbocycles. The number of nitrogens with one attached hydrogen (secondary N) is 3. The number of aliphatic carboxylic acids is 3. The molecule has 4 saturated carbocycles. The lowest BCUT2D eigenvalue weighted by molar-refractivity contribution is -0.369. The number of hydrogen-bond donors (Lipinski definition) is 11. The molecule has 11 N–H and O–H groups in total. The van der Waals surface area contributed by atoms with Gasteiger partial charge in [-0.3, -0.25) is 19.2 Å². The van der Waals surface area contributed by atoms with E-state index in [1.807, 2.05) is 26.8 Å². The third kappa shape index (κ3) is 10.8. The smallest absolute Gasteiger partial charge is 0.326 e. The molecule has 0 bridgehead atoms. The average molecular weight is 1120 g/mol. The highest BCUT2D eigenvalue weighted by Crippen LogP contribution is 2.75. The summed E-state index contributed by atoms with van der Waals surface area (Å²) < 4.78 is 24.9. The molecule has 2 heterocycles. The van der Waals surface area contributed by atoms with Crippen molar-refractivity contribution in [2.75, 3.05) is 0 Å². The number of ether oxygens (including phenoxy) is 4. The Morgan fingerprint density at radius 2 is 1.09 bits per heavy atom. The first kappa shape index (κ1) is 62.5. The van der Waals surface area contributed by atoms with E-state index in [1.165, 1.54) is 13.8 Å². The molecule has 0 aromatic carbocycles. The third-order valence-corrected chi connectivity index (χ3v) is 21.0. The van der Waals surface area contributed by atoms with Crippen molar-refractivity contribution >= 4 is 41.4 Å². The SMILES string of the molecule is CC(C)C(NC(=O)[C@H]1O[C@@H](O[C@H]2[C@H](O[C@H]3CC[C@]4(C)C5C(=O)C=C6[C@@H]7CC(C)(C(=O)NC(C(=O)O)C(C)C)CC[C@]7(C)CC[C@@]6(C)[C@]5(C)CC[C@H]4C3(C)C)O[C@H](C(=O)NC(C(=O)O)C(C)C)[C@@H](O)[C@@H]2O)[C@H](O)[C@@H](O)[C@@H]1O)C(=O)O. The monoisotopic (exact) mass is 1120 g/mol. The molecule has 0 radical (unpaired) electrons. The van der Waals surface area contributed by atoms with Gasteiger partial charge < -0.3 is 75.8 Å². The number of aliphatic hydroxyl groups excluding tert-OH is 5. The minimum absolute atomic E-state index is 0.00759. The highest BCUT2D eigenvalue weighted by Gasteiger charge is 2.71. The number of allylic oxidation sites excluding steroid dienone is 2. The first-order chi connectivity index (χ1) is 36.4. The Bertz CT molecular complexity index is 2410. The van der Waals surface area contributed by atoms with Crippen molar-refractivity contribution in [2.45, 2.75) is 233 Å². The van der Waals surface area contributed by atoms with Crippen LogP contribution in [0.3, 0.4) is 0 Å². The van der Waals surface area contributed by atoms with Gasteiger partial charge in [0.15, 0.2) is 30.6 Å². The van der Waals surface area contributed by atoms with Crippen LogP contribution in [-0.2, 0) is 52.5 Å². The molecule has 6 fully saturated rings. The number of ketones is 1. The third-order valence-electron chi connectivity index (χ3n) is 21.0. The Morgan fingerprint density at radius 1 is 0.595 bits per heavy atom. The van der Waals surface area contributed by atoms with Gasteiger partial charge in [-0.25, -0.2) is 14.4 Å². The summed E-state index contributed by atoms with van der Waals surface area (Å²) in [6.07, 6.45) is -13.8. The summed E-state index contributed by atoms with van der Waals surface area (Å²) in [4.78, 5) is 93.2. The van der Waals surface area contributed by atoms with E-state index in [2.05, 4.69) is 43.6 Å². The molecule has 0 aromatic heterocycles. The Hall–Kier alpha value is -4.13. The second-order valence-electron chi connectivity index (χ2n) is 27.3. The van der Waals surface area contributed by atoms with Crippen LogP contribution in [0.2, 0.25) is 0 Å². The molecule has 446 valence electrons. The van der Waals surface area contributed by atoms with E-state index in [-0.39, 0.29) is 34.9 Å². The van der Waals surface area contributed by atoms with Gasteiger partial charge in [0.1, 0.15) is 54.7 Å². The van der Waals surface area contributed by atoms with Crippen molar-refractivity contribution in [1.82, 2.24) is 16.0 Å². The second kappa shape index (κ2) is 22.2. The van der Waals surface area contributed by atoms with Gasteiger partial charge in [0.05, 0.1) is 6.10 Å². The number of rotatable bonds is 16. The molecular weight excluding hydrogens is 1030 g/mol. The maximum atomic E-state index is 15.3. The maximum Gasteiger partial charge on any atom is 0.326 e. The fourth-order valence-corrected chi connectivity index (χ4v) is 15.7. The molecule has 0 aromatic rings. The lowest BCUT2D eigenvalue weighted by Gasteiger charge is -2.70.